The molecule has 4 rings (SSSR count). The van der Waals surface area contributed by atoms with Gasteiger partial charge in [0.05, 0.1) is 7.11 Å². The molecule has 0 bridgehead atoms. The Kier molecular flexibility index (Phi) is 4.96. The number of methoxy groups -OCH3 is 1. The van der Waals surface area contributed by atoms with E-state index in [1.54, 1.807) is 26.2 Å². The molecule has 1 aliphatic rings. The van der Waals surface area contributed by atoms with Crippen molar-refractivity contribution in [2.24, 2.45) is 0 Å². The van der Waals surface area contributed by atoms with E-state index in [0.717, 1.165) is 42.9 Å². The molecule has 6 heteroatoms. The highest BCUT2D eigenvalue weighted by molar-refractivity contribution is 5.82. The van der Waals surface area contributed by atoms with E-state index in [-0.39, 0.29) is 11.4 Å². The van der Waals surface area contributed by atoms with E-state index in [1.165, 1.54) is 11.8 Å². The molecule has 2 heterocycles. The maximum Gasteiger partial charge on any atom is 0.336 e. The topological polar surface area (TPSA) is 66.2 Å². The zero-order valence-corrected chi connectivity index (χ0v) is 16.1. The summed E-state index contributed by atoms with van der Waals surface area (Å²) in [5.74, 6) is 1.07. The average molecular weight is 380 g/mol. The lowest BCUT2D eigenvalue weighted by Gasteiger charge is -2.36. The molecule has 2 aromatic carbocycles. The zero-order chi connectivity index (χ0) is 19.7. The molecule has 0 aliphatic carbocycles. The van der Waals surface area contributed by atoms with Gasteiger partial charge in [0.1, 0.15) is 17.1 Å². The van der Waals surface area contributed by atoms with E-state index < -0.39 is 0 Å². The quantitative estimate of drug-likeness (QED) is 0.702. The summed E-state index contributed by atoms with van der Waals surface area (Å²) in [5, 5.41) is 10.9. The molecule has 0 unspecified atom stereocenters. The summed E-state index contributed by atoms with van der Waals surface area (Å²) >= 11 is 0. The number of ether oxygens (including phenoxy) is 1. The SMILES string of the molecule is COc1ccc(N2CCN(Cc3cc(=O)oc4cc(C)c(O)cc34)CC2)cc1. The van der Waals surface area contributed by atoms with Gasteiger partial charge < -0.3 is 19.2 Å². The van der Waals surface area contributed by atoms with Crippen molar-refractivity contribution < 1.29 is 14.3 Å². The lowest BCUT2D eigenvalue weighted by atomic mass is 10.1. The Morgan fingerprint density at radius 2 is 1.79 bits per heavy atom. The minimum absolute atomic E-state index is 0.215. The Hall–Kier alpha value is -2.99. The summed E-state index contributed by atoms with van der Waals surface area (Å²) in [6, 6.07) is 13.1. The highest BCUT2D eigenvalue weighted by Crippen LogP contribution is 2.27. The number of benzene rings is 2. The van der Waals surface area contributed by atoms with Crippen molar-refractivity contribution in [1.29, 1.82) is 0 Å². The first-order valence-corrected chi connectivity index (χ1v) is 9.41. The van der Waals surface area contributed by atoms with Gasteiger partial charge in [-0.15, -0.1) is 0 Å². The van der Waals surface area contributed by atoms with Gasteiger partial charge in [-0.3, -0.25) is 4.90 Å². The normalized spacial score (nSPS) is 15.1. The van der Waals surface area contributed by atoms with E-state index in [4.69, 9.17) is 9.15 Å². The van der Waals surface area contributed by atoms with Crippen molar-refractivity contribution in [1.82, 2.24) is 4.90 Å². The third-order valence-electron chi connectivity index (χ3n) is 5.35. The lowest BCUT2D eigenvalue weighted by Crippen LogP contribution is -2.46. The number of hydrogen-bond acceptors (Lipinski definition) is 6. The van der Waals surface area contributed by atoms with Crippen LogP contribution in [0.5, 0.6) is 11.5 Å². The van der Waals surface area contributed by atoms with Crippen LogP contribution >= 0.6 is 0 Å². The van der Waals surface area contributed by atoms with Gasteiger partial charge in [0.25, 0.3) is 0 Å². The predicted molar refractivity (Wildman–Crippen MR) is 109 cm³/mol. The molecule has 0 saturated carbocycles. The summed E-state index contributed by atoms with van der Waals surface area (Å²) in [6.07, 6.45) is 0. The van der Waals surface area contributed by atoms with Gasteiger partial charge in [-0.2, -0.15) is 0 Å². The largest absolute Gasteiger partial charge is 0.508 e. The van der Waals surface area contributed by atoms with Crippen molar-refractivity contribution in [2.75, 3.05) is 38.2 Å². The number of aromatic hydroxyl groups is 1. The molecule has 146 valence electrons. The van der Waals surface area contributed by atoms with Gasteiger partial charge >= 0.3 is 5.63 Å². The summed E-state index contributed by atoms with van der Waals surface area (Å²) in [5.41, 5.74) is 2.94. The molecule has 3 aromatic rings. The fourth-order valence-electron chi connectivity index (χ4n) is 3.69. The number of phenolic OH excluding ortho intramolecular Hbond substituents is 1. The van der Waals surface area contributed by atoms with Crippen molar-refractivity contribution in [3.8, 4) is 11.5 Å². The van der Waals surface area contributed by atoms with Crippen LogP contribution in [0.4, 0.5) is 5.69 Å². The van der Waals surface area contributed by atoms with Gasteiger partial charge in [-0.1, -0.05) is 0 Å². The molecule has 0 spiro atoms. The molecule has 1 N–H and O–H groups in total. The molecule has 0 radical (unpaired) electrons. The average Bonchev–Trinajstić information content (AvgIpc) is 2.70. The summed E-state index contributed by atoms with van der Waals surface area (Å²) < 4.78 is 10.5. The van der Waals surface area contributed by atoms with Crippen molar-refractivity contribution in [3.05, 3.63) is 64.0 Å². The monoisotopic (exact) mass is 380 g/mol. The fourth-order valence-corrected chi connectivity index (χ4v) is 3.69. The van der Waals surface area contributed by atoms with Crippen molar-refractivity contribution >= 4 is 16.7 Å². The molecule has 1 aliphatic heterocycles. The van der Waals surface area contributed by atoms with E-state index >= 15 is 0 Å². The maximum absolute atomic E-state index is 12.0. The first-order valence-electron chi connectivity index (χ1n) is 9.41. The molecular formula is C22H24N2O4. The molecule has 1 fully saturated rings. The molecule has 6 nitrogen and oxygen atoms in total. The summed E-state index contributed by atoms with van der Waals surface area (Å²) in [7, 11) is 1.67. The van der Waals surface area contributed by atoms with E-state index in [2.05, 4.69) is 21.9 Å². The first kappa shape index (κ1) is 18.4. The lowest BCUT2D eigenvalue weighted by molar-refractivity contribution is 0.250. The van der Waals surface area contributed by atoms with Crippen LogP contribution < -0.4 is 15.3 Å². The Morgan fingerprint density at radius 1 is 1.07 bits per heavy atom. The minimum atomic E-state index is -0.357. The van der Waals surface area contributed by atoms with Gasteiger partial charge in [0.15, 0.2) is 0 Å². The molecule has 0 atom stereocenters. The number of phenols is 1. The molecule has 1 aromatic heterocycles. The number of fused-ring (bicyclic) bond motifs is 1. The van der Waals surface area contributed by atoms with Gasteiger partial charge in [0, 0.05) is 49.9 Å². The standard InChI is InChI=1S/C22H24N2O4/c1-15-11-21-19(13-20(15)25)16(12-22(26)28-21)14-23-7-9-24(10-8-23)17-3-5-18(27-2)6-4-17/h3-6,11-13,25H,7-10,14H2,1-2H3. The number of nitrogens with zero attached hydrogens (tertiary/aromatic N) is 2. The van der Waals surface area contributed by atoms with Crippen molar-refractivity contribution in [2.45, 2.75) is 13.5 Å². The van der Waals surface area contributed by atoms with E-state index in [1.807, 2.05) is 12.1 Å². The fraction of sp³-hybridized carbons (Fsp3) is 0.318. The number of rotatable bonds is 4. The molecule has 28 heavy (non-hydrogen) atoms. The Balaban J connectivity index is 1.49. The zero-order valence-electron chi connectivity index (χ0n) is 16.1. The Labute approximate surface area is 163 Å². The molecule has 1 saturated heterocycles. The number of aryl methyl sites for hydroxylation is 1. The molecule has 0 amide bonds. The summed E-state index contributed by atoms with van der Waals surface area (Å²) in [6.45, 7) is 6.06. The second kappa shape index (κ2) is 7.56. The van der Waals surface area contributed by atoms with Gasteiger partial charge in [0.2, 0.25) is 0 Å². The van der Waals surface area contributed by atoms with Crippen LogP contribution in [0.3, 0.4) is 0 Å². The second-order valence-electron chi connectivity index (χ2n) is 7.19. The second-order valence-corrected chi connectivity index (χ2v) is 7.19. The Morgan fingerprint density at radius 3 is 2.46 bits per heavy atom. The van der Waals surface area contributed by atoms with Crippen LogP contribution in [0, 0.1) is 6.92 Å². The van der Waals surface area contributed by atoms with Gasteiger partial charge in [-0.05, 0) is 54.4 Å². The molecular weight excluding hydrogens is 356 g/mol. The van der Waals surface area contributed by atoms with Crippen LogP contribution in [0.1, 0.15) is 11.1 Å². The van der Waals surface area contributed by atoms with E-state index in [9.17, 15) is 9.90 Å². The first-order chi connectivity index (χ1) is 13.5. The smallest absolute Gasteiger partial charge is 0.336 e. The van der Waals surface area contributed by atoms with Crippen LogP contribution in [0.25, 0.3) is 11.0 Å². The number of anilines is 1. The van der Waals surface area contributed by atoms with Gasteiger partial charge in [-0.25, -0.2) is 4.79 Å². The highest BCUT2D eigenvalue weighted by atomic mass is 16.5. The predicted octanol–water partition coefficient (Wildman–Crippen LogP) is 3.14. The number of hydrogen-bond donors (Lipinski definition) is 1. The minimum Gasteiger partial charge on any atom is -0.508 e. The van der Waals surface area contributed by atoms with Crippen LogP contribution in [0.15, 0.2) is 51.7 Å². The van der Waals surface area contributed by atoms with Crippen LogP contribution in [-0.4, -0.2) is 43.3 Å². The highest BCUT2D eigenvalue weighted by Gasteiger charge is 2.19. The van der Waals surface area contributed by atoms with E-state index in [0.29, 0.717) is 17.7 Å². The third kappa shape index (κ3) is 3.68. The Bertz CT molecular complexity index is 1030. The van der Waals surface area contributed by atoms with Crippen molar-refractivity contribution in [3.63, 3.8) is 0 Å². The van der Waals surface area contributed by atoms with Crippen LogP contribution in [0.2, 0.25) is 0 Å². The summed E-state index contributed by atoms with van der Waals surface area (Å²) in [4.78, 5) is 16.6. The number of piperazine rings is 1. The third-order valence-corrected chi connectivity index (χ3v) is 5.35. The van der Waals surface area contributed by atoms with Crippen LogP contribution in [-0.2, 0) is 6.54 Å². The maximum atomic E-state index is 12.0.